The Morgan fingerprint density at radius 1 is 1.32 bits per heavy atom. The van der Waals surface area contributed by atoms with Gasteiger partial charge in [-0.15, -0.1) is 10.2 Å². The van der Waals surface area contributed by atoms with E-state index in [0.717, 1.165) is 34.6 Å². The first-order valence-electron chi connectivity index (χ1n) is 7.86. The summed E-state index contributed by atoms with van der Waals surface area (Å²) in [6.07, 6.45) is 2.41. The molecule has 9 heteroatoms. The molecule has 1 unspecified atom stereocenters. The summed E-state index contributed by atoms with van der Waals surface area (Å²) in [5, 5.41) is 8.29. The van der Waals surface area contributed by atoms with E-state index >= 15 is 0 Å². The minimum Gasteiger partial charge on any atom is -0.411 e. The highest BCUT2D eigenvalue weighted by Gasteiger charge is 2.30. The monoisotopic (exact) mass is 424 g/mol. The van der Waals surface area contributed by atoms with Crippen LogP contribution in [0.25, 0.3) is 11.5 Å². The summed E-state index contributed by atoms with van der Waals surface area (Å²) in [5.74, 6) is -0.0851. The number of likely N-dealkylation sites (tertiary alicyclic amines) is 1. The highest BCUT2D eigenvalue weighted by molar-refractivity contribution is 9.10. The summed E-state index contributed by atoms with van der Waals surface area (Å²) in [4.78, 5) is 25.5. The molecule has 7 nitrogen and oxygen atoms in total. The average Bonchev–Trinajstić information content (AvgIpc) is 3.08. The van der Waals surface area contributed by atoms with Crippen LogP contribution < -0.4 is 5.73 Å². The molecule has 2 heterocycles. The number of carbonyl (C=O) groups is 2. The van der Waals surface area contributed by atoms with Crippen LogP contribution in [-0.2, 0) is 9.59 Å². The van der Waals surface area contributed by atoms with E-state index in [9.17, 15) is 9.59 Å². The Morgan fingerprint density at radius 3 is 2.88 bits per heavy atom. The molecule has 1 saturated heterocycles. The fourth-order valence-corrected chi connectivity index (χ4v) is 3.85. The minimum atomic E-state index is -0.514. The molecule has 0 spiro atoms. The average molecular weight is 425 g/mol. The van der Waals surface area contributed by atoms with Crippen molar-refractivity contribution < 1.29 is 14.0 Å². The topological polar surface area (TPSA) is 102 Å². The number of amides is 2. The lowest BCUT2D eigenvalue weighted by Crippen LogP contribution is -2.51. The summed E-state index contributed by atoms with van der Waals surface area (Å²) < 4.78 is 6.46. The number of benzene rings is 1. The predicted octanol–water partition coefficient (Wildman–Crippen LogP) is 2.46. The summed E-state index contributed by atoms with van der Waals surface area (Å²) in [7, 11) is 0. The molecule has 25 heavy (non-hydrogen) atoms. The molecule has 1 atom stereocenters. The van der Waals surface area contributed by atoms with E-state index in [-0.39, 0.29) is 11.7 Å². The van der Waals surface area contributed by atoms with Gasteiger partial charge in [0.1, 0.15) is 6.04 Å². The SMILES string of the molecule is NC(=O)C1CCCCN1C(=O)CSc1nnc(-c2ccccc2Br)o1. The summed E-state index contributed by atoms with van der Waals surface area (Å²) >= 11 is 4.60. The zero-order chi connectivity index (χ0) is 17.8. The van der Waals surface area contributed by atoms with Gasteiger partial charge in [-0.25, -0.2) is 0 Å². The van der Waals surface area contributed by atoms with Crippen molar-refractivity contribution in [2.45, 2.75) is 30.5 Å². The van der Waals surface area contributed by atoms with Gasteiger partial charge in [0, 0.05) is 11.0 Å². The second kappa shape index (κ2) is 8.01. The maximum absolute atomic E-state index is 12.4. The van der Waals surface area contributed by atoms with E-state index in [4.69, 9.17) is 10.2 Å². The van der Waals surface area contributed by atoms with Crippen molar-refractivity contribution in [3.8, 4) is 11.5 Å². The molecule has 2 aromatic rings. The molecule has 1 aliphatic heterocycles. The van der Waals surface area contributed by atoms with Gasteiger partial charge in [0.25, 0.3) is 5.22 Å². The van der Waals surface area contributed by atoms with Crippen LogP contribution in [0.4, 0.5) is 0 Å². The van der Waals surface area contributed by atoms with Crippen LogP contribution in [-0.4, -0.2) is 45.3 Å². The second-order valence-corrected chi connectivity index (χ2v) is 7.42. The fourth-order valence-electron chi connectivity index (χ4n) is 2.74. The van der Waals surface area contributed by atoms with E-state index in [2.05, 4.69) is 26.1 Å². The van der Waals surface area contributed by atoms with Crippen molar-refractivity contribution >= 4 is 39.5 Å². The number of nitrogens with zero attached hydrogens (tertiary/aromatic N) is 3. The molecule has 0 saturated carbocycles. The van der Waals surface area contributed by atoms with Gasteiger partial charge in [0.2, 0.25) is 17.7 Å². The molecule has 1 aromatic carbocycles. The van der Waals surface area contributed by atoms with Gasteiger partial charge in [-0.2, -0.15) is 0 Å². The Bertz CT molecular complexity index is 782. The zero-order valence-corrected chi connectivity index (χ0v) is 15.8. The lowest BCUT2D eigenvalue weighted by atomic mass is 10.0. The van der Waals surface area contributed by atoms with Crippen molar-refractivity contribution in [3.05, 3.63) is 28.7 Å². The number of carbonyl (C=O) groups excluding carboxylic acids is 2. The maximum atomic E-state index is 12.4. The van der Waals surface area contributed by atoms with E-state index < -0.39 is 11.9 Å². The van der Waals surface area contributed by atoms with Crippen LogP contribution in [0.2, 0.25) is 0 Å². The van der Waals surface area contributed by atoms with E-state index in [0.29, 0.717) is 24.1 Å². The van der Waals surface area contributed by atoms with Crippen LogP contribution in [0.1, 0.15) is 19.3 Å². The molecule has 0 radical (unpaired) electrons. The molecule has 3 rings (SSSR count). The van der Waals surface area contributed by atoms with Gasteiger partial charge in [0.15, 0.2) is 0 Å². The molecule has 1 fully saturated rings. The number of nitrogens with two attached hydrogens (primary N) is 1. The number of hydrogen-bond acceptors (Lipinski definition) is 6. The predicted molar refractivity (Wildman–Crippen MR) is 96.7 cm³/mol. The highest BCUT2D eigenvalue weighted by atomic mass is 79.9. The Kier molecular flexibility index (Phi) is 5.74. The molecular weight excluding hydrogens is 408 g/mol. The Hall–Kier alpha value is -1.87. The number of piperidine rings is 1. The first kappa shape index (κ1) is 17.9. The van der Waals surface area contributed by atoms with Crippen molar-refractivity contribution in [3.63, 3.8) is 0 Å². The molecule has 2 N–H and O–H groups in total. The number of primary amides is 1. The smallest absolute Gasteiger partial charge is 0.277 e. The van der Waals surface area contributed by atoms with Crippen LogP contribution in [0.5, 0.6) is 0 Å². The number of thioether (sulfide) groups is 1. The van der Waals surface area contributed by atoms with E-state index in [1.807, 2.05) is 24.3 Å². The van der Waals surface area contributed by atoms with Gasteiger partial charge in [-0.1, -0.05) is 23.9 Å². The largest absolute Gasteiger partial charge is 0.411 e. The summed E-state index contributed by atoms with van der Waals surface area (Å²) in [6.45, 7) is 0.555. The highest BCUT2D eigenvalue weighted by Crippen LogP contribution is 2.29. The standard InChI is InChI=1S/C16H17BrN4O3S/c17-11-6-2-1-5-10(11)15-19-20-16(24-15)25-9-13(22)21-8-4-3-7-12(21)14(18)23/h1-2,5-6,12H,3-4,7-9H2,(H2,18,23). The number of aromatic nitrogens is 2. The Labute approximate surface area is 157 Å². The fraction of sp³-hybridized carbons (Fsp3) is 0.375. The van der Waals surface area contributed by atoms with Crippen molar-refractivity contribution in [2.24, 2.45) is 5.73 Å². The molecule has 132 valence electrons. The summed E-state index contributed by atoms with van der Waals surface area (Å²) in [5.41, 5.74) is 6.19. The van der Waals surface area contributed by atoms with Crippen molar-refractivity contribution in [2.75, 3.05) is 12.3 Å². The van der Waals surface area contributed by atoms with Gasteiger partial charge < -0.3 is 15.1 Å². The van der Waals surface area contributed by atoms with Crippen molar-refractivity contribution in [1.29, 1.82) is 0 Å². The summed E-state index contributed by atoms with van der Waals surface area (Å²) in [6, 6.07) is 7.01. The van der Waals surface area contributed by atoms with Gasteiger partial charge >= 0.3 is 0 Å². The van der Waals surface area contributed by atoms with Gasteiger partial charge in [-0.05, 0) is 47.3 Å². The van der Waals surface area contributed by atoms with E-state index in [1.54, 1.807) is 4.90 Å². The first-order valence-corrected chi connectivity index (χ1v) is 9.64. The molecule has 1 aliphatic rings. The molecule has 1 aromatic heterocycles. The third kappa shape index (κ3) is 4.21. The van der Waals surface area contributed by atoms with Crippen molar-refractivity contribution in [1.82, 2.24) is 15.1 Å². The van der Waals surface area contributed by atoms with Crippen LogP contribution in [0.3, 0.4) is 0 Å². The van der Waals surface area contributed by atoms with Crippen LogP contribution >= 0.6 is 27.7 Å². The van der Waals surface area contributed by atoms with Gasteiger partial charge in [0.05, 0.1) is 11.3 Å². The van der Waals surface area contributed by atoms with Crippen LogP contribution in [0.15, 0.2) is 38.4 Å². The Morgan fingerprint density at radius 2 is 2.12 bits per heavy atom. The normalized spacial score (nSPS) is 17.5. The number of rotatable bonds is 5. The lowest BCUT2D eigenvalue weighted by molar-refractivity contribution is -0.138. The Balaban J connectivity index is 1.63. The first-order chi connectivity index (χ1) is 12.1. The second-order valence-electron chi connectivity index (χ2n) is 5.64. The number of halogens is 1. The number of hydrogen-bond donors (Lipinski definition) is 1. The third-order valence-corrected chi connectivity index (χ3v) is 5.48. The lowest BCUT2D eigenvalue weighted by Gasteiger charge is -2.33. The minimum absolute atomic E-state index is 0.126. The quantitative estimate of drug-likeness (QED) is 0.739. The zero-order valence-electron chi connectivity index (χ0n) is 13.4. The molecule has 0 bridgehead atoms. The molecule has 0 aliphatic carbocycles. The van der Waals surface area contributed by atoms with Gasteiger partial charge in [-0.3, -0.25) is 9.59 Å². The molecular formula is C16H17BrN4O3S. The molecule has 2 amide bonds. The van der Waals surface area contributed by atoms with E-state index in [1.165, 1.54) is 0 Å². The third-order valence-electron chi connectivity index (χ3n) is 3.98. The van der Waals surface area contributed by atoms with Crippen LogP contribution in [0, 0.1) is 0 Å². The maximum Gasteiger partial charge on any atom is 0.277 e.